The summed E-state index contributed by atoms with van der Waals surface area (Å²) < 4.78 is 28.4. The molecule has 1 N–H and O–H groups in total. The third kappa shape index (κ3) is 5.22. The average molecular weight is 495 g/mol. The zero-order chi connectivity index (χ0) is 25.8. The Hall–Kier alpha value is -5.00. The Morgan fingerprint density at radius 1 is 1.17 bits per heavy atom. The summed E-state index contributed by atoms with van der Waals surface area (Å²) in [4.78, 5) is 48.4. The number of esters is 1. The first-order valence-electron chi connectivity index (χ1n) is 10.4. The molecule has 0 unspecified atom stereocenters. The van der Waals surface area contributed by atoms with Crippen LogP contribution in [0.1, 0.15) is 27.4 Å². The second kappa shape index (κ2) is 10.1. The molecule has 1 aliphatic heterocycles. The van der Waals surface area contributed by atoms with Crippen molar-refractivity contribution in [1.29, 1.82) is 0 Å². The molecule has 12 heteroatoms. The number of urea groups is 1. The number of nitro groups is 1. The van der Waals surface area contributed by atoms with E-state index in [-0.39, 0.29) is 47.4 Å². The summed E-state index contributed by atoms with van der Waals surface area (Å²) in [6.07, 6.45) is 1.29. The van der Waals surface area contributed by atoms with Crippen molar-refractivity contribution >= 4 is 29.7 Å². The zero-order valence-corrected chi connectivity index (χ0v) is 18.7. The van der Waals surface area contributed by atoms with Gasteiger partial charge in [0.05, 0.1) is 18.6 Å². The van der Waals surface area contributed by atoms with Gasteiger partial charge in [-0.15, -0.1) is 0 Å². The molecule has 2 heterocycles. The first-order valence-corrected chi connectivity index (χ1v) is 10.4. The molecule has 3 amide bonds. The Balaban J connectivity index is 1.49. The number of nitrogens with one attached hydrogen (secondary N) is 1. The number of methoxy groups -OCH3 is 1. The maximum Gasteiger partial charge on any atom is 0.373 e. The highest BCUT2D eigenvalue weighted by atomic mass is 19.1. The fourth-order valence-corrected chi connectivity index (χ4v) is 3.34. The van der Waals surface area contributed by atoms with Crippen LogP contribution in [0.5, 0.6) is 5.75 Å². The van der Waals surface area contributed by atoms with Gasteiger partial charge in [-0.2, -0.15) is 0 Å². The van der Waals surface area contributed by atoms with Crippen molar-refractivity contribution in [2.75, 3.05) is 7.11 Å². The fourth-order valence-electron chi connectivity index (χ4n) is 3.34. The van der Waals surface area contributed by atoms with E-state index in [2.05, 4.69) is 10.1 Å². The minimum Gasteiger partial charge on any atom is -0.482 e. The van der Waals surface area contributed by atoms with Crippen LogP contribution in [0.3, 0.4) is 0 Å². The molecule has 0 spiro atoms. The number of ether oxygens (including phenoxy) is 2. The van der Waals surface area contributed by atoms with E-state index in [9.17, 15) is 28.9 Å². The predicted molar refractivity (Wildman–Crippen MR) is 121 cm³/mol. The number of nitro benzene ring substituents is 1. The maximum atomic E-state index is 13.0. The summed E-state index contributed by atoms with van der Waals surface area (Å²) in [5.41, 5.74) is 0.430. The lowest BCUT2D eigenvalue weighted by Gasteiger charge is -2.09. The van der Waals surface area contributed by atoms with E-state index in [1.165, 1.54) is 67.8 Å². The topological polar surface area (TPSA) is 141 Å². The molecule has 1 aliphatic rings. The van der Waals surface area contributed by atoms with Crippen LogP contribution in [-0.4, -0.2) is 34.8 Å². The lowest BCUT2D eigenvalue weighted by Crippen LogP contribution is -2.30. The highest BCUT2D eigenvalue weighted by Gasteiger charge is 2.34. The predicted octanol–water partition coefficient (Wildman–Crippen LogP) is 3.79. The van der Waals surface area contributed by atoms with E-state index in [4.69, 9.17) is 9.15 Å². The van der Waals surface area contributed by atoms with Crippen molar-refractivity contribution in [3.63, 3.8) is 0 Å². The molecule has 0 atom stereocenters. The molecule has 184 valence electrons. The summed E-state index contributed by atoms with van der Waals surface area (Å²) in [5, 5.41) is 14.0. The van der Waals surface area contributed by atoms with E-state index >= 15 is 0 Å². The number of nitrogens with zero attached hydrogens (tertiary/aromatic N) is 2. The molecular weight excluding hydrogens is 477 g/mol. The zero-order valence-electron chi connectivity index (χ0n) is 18.7. The maximum absolute atomic E-state index is 13.0. The Labute approximate surface area is 202 Å². The van der Waals surface area contributed by atoms with Gasteiger partial charge in [0.1, 0.15) is 23.9 Å². The second-order valence-electron chi connectivity index (χ2n) is 7.54. The largest absolute Gasteiger partial charge is 0.482 e. The SMILES string of the molecule is COC(=O)c1ccc(CN2C(=O)NC(=Cc3ccc(OCc4ccc(F)cc4)c([N+](=O)[O-])c3)C2=O)o1. The van der Waals surface area contributed by atoms with Crippen molar-refractivity contribution in [3.8, 4) is 5.75 Å². The van der Waals surface area contributed by atoms with Crippen LogP contribution < -0.4 is 10.1 Å². The Bertz CT molecular complexity index is 1380. The third-order valence-corrected chi connectivity index (χ3v) is 5.12. The van der Waals surface area contributed by atoms with Gasteiger partial charge in [0.2, 0.25) is 5.76 Å². The summed E-state index contributed by atoms with van der Waals surface area (Å²) >= 11 is 0. The van der Waals surface area contributed by atoms with E-state index in [0.29, 0.717) is 5.56 Å². The lowest BCUT2D eigenvalue weighted by atomic mass is 10.1. The number of hydrogen-bond acceptors (Lipinski definition) is 8. The lowest BCUT2D eigenvalue weighted by molar-refractivity contribution is -0.386. The molecule has 4 rings (SSSR count). The Morgan fingerprint density at radius 3 is 2.61 bits per heavy atom. The number of carbonyl (C=O) groups excluding carboxylic acids is 3. The number of rotatable bonds is 8. The average Bonchev–Trinajstić information content (AvgIpc) is 3.44. The number of amides is 3. The van der Waals surface area contributed by atoms with Crippen molar-refractivity contribution < 1.29 is 37.6 Å². The van der Waals surface area contributed by atoms with E-state index < -0.39 is 28.6 Å². The molecule has 0 radical (unpaired) electrons. The van der Waals surface area contributed by atoms with Gasteiger partial charge in [-0.1, -0.05) is 18.2 Å². The molecule has 1 aromatic heterocycles. The monoisotopic (exact) mass is 495 g/mol. The van der Waals surface area contributed by atoms with Gasteiger partial charge >= 0.3 is 17.7 Å². The van der Waals surface area contributed by atoms with E-state index in [0.717, 1.165) is 4.90 Å². The molecule has 1 saturated heterocycles. The molecule has 0 bridgehead atoms. The number of halogens is 1. The van der Waals surface area contributed by atoms with Crippen molar-refractivity contribution in [3.05, 3.63) is 98.9 Å². The van der Waals surface area contributed by atoms with Gasteiger partial charge in [-0.25, -0.2) is 14.0 Å². The molecule has 0 saturated carbocycles. The highest BCUT2D eigenvalue weighted by Crippen LogP contribution is 2.30. The number of furan rings is 1. The van der Waals surface area contributed by atoms with Crippen LogP contribution in [0.15, 0.2) is 64.7 Å². The minimum atomic E-state index is -0.726. The van der Waals surface area contributed by atoms with E-state index in [1.54, 1.807) is 0 Å². The minimum absolute atomic E-state index is 0.0183. The van der Waals surface area contributed by atoms with Crippen molar-refractivity contribution in [2.45, 2.75) is 13.2 Å². The van der Waals surface area contributed by atoms with Gasteiger partial charge < -0.3 is 19.2 Å². The van der Waals surface area contributed by atoms with Gasteiger partial charge in [0.25, 0.3) is 5.91 Å². The van der Waals surface area contributed by atoms with Crippen LogP contribution in [0.25, 0.3) is 6.08 Å². The van der Waals surface area contributed by atoms with Crippen LogP contribution >= 0.6 is 0 Å². The molecule has 3 aromatic rings. The molecule has 0 aliphatic carbocycles. The standard InChI is InChI=1S/C24H18FN3O8/c1-34-23(30)21-9-7-17(36-21)12-27-22(29)18(26-24(27)31)10-15-4-8-20(19(11-15)28(32)33)35-13-14-2-5-16(25)6-3-14/h2-11H,12-13H2,1H3,(H,26,31). The fraction of sp³-hybridized carbons (Fsp3) is 0.125. The number of hydrogen-bond donors (Lipinski definition) is 1. The molecular formula is C24H18FN3O8. The normalized spacial score (nSPS) is 14.2. The number of carbonyl (C=O) groups is 3. The smallest absolute Gasteiger partial charge is 0.373 e. The number of imide groups is 1. The summed E-state index contributed by atoms with van der Waals surface area (Å²) in [6, 6.07) is 11.6. The molecule has 36 heavy (non-hydrogen) atoms. The van der Waals surface area contributed by atoms with Gasteiger partial charge in [0, 0.05) is 6.07 Å². The van der Waals surface area contributed by atoms with Gasteiger partial charge in [-0.3, -0.25) is 19.8 Å². The second-order valence-corrected chi connectivity index (χ2v) is 7.54. The third-order valence-electron chi connectivity index (χ3n) is 5.12. The highest BCUT2D eigenvalue weighted by molar-refractivity contribution is 6.13. The van der Waals surface area contributed by atoms with Crippen LogP contribution in [0.2, 0.25) is 0 Å². The van der Waals surface area contributed by atoms with Crippen molar-refractivity contribution in [1.82, 2.24) is 10.2 Å². The molecule has 1 fully saturated rings. The summed E-state index contributed by atoms with van der Waals surface area (Å²) in [5.74, 6) is -1.72. The van der Waals surface area contributed by atoms with Gasteiger partial charge in [-0.05, 0) is 47.5 Å². The summed E-state index contributed by atoms with van der Waals surface area (Å²) in [7, 11) is 1.19. The Morgan fingerprint density at radius 2 is 1.92 bits per heavy atom. The van der Waals surface area contributed by atoms with E-state index in [1.807, 2.05) is 0 Å². The van der Waals surface area contributed by atoms with Crippen molar-refractivity contribution in [2.24, 2.45) is 0 Å². The first kappa shape index (κ1) is 24.1. The van der Waals surface area contributed by atoms with Gasteiger partial charge in [0.15, 0.2) is 5.75 Å². The molecule has 11 nitrogen and oxygen atoms in total. The Kier molecular flexibility index (Phi) is 6.77. The number of benzene rings is 2. The molecule has 2 aromatic carbocycles. The van der Waals surface area contributed by atoms with Crippen LogP contribution in [-0.2, 0) is 22.7 Å². The van der Waals surface area contributed by atoms with Crippen LogP contribution in [0.4, 0.5) is 14.9 Å². The first-order chi connectivity index (χ1) is 17.2. The van der Waals surface area contributed by atoms with Crippen LogP contribution in [0, 0.1) is 15.9 Å². The summed E-state index contributed by atoms with van der Waals surface area (Å²) in [6.45, 7) is -0.259. The quantitative estimate of drug-likeness (QED) is 0.164.